The summed E-state index contributed by atoms with van der Waals surface area (Å²) in [6, 6.07) is 1.13. The predicted octanol–water partition coefficient (Wildman–Crippen LogP) is 2.38. The molecule has 0 unspecified atom stereocenters. The maximum atomic E-state index is 12.9. The highest BCUT2D eigenvalue weighted by Crippen LogP contribution is 2.32. The Bertz CT molecular complexity index is 529. The fourth-order valence-electron chi connectivity index (χ4n) is 1.75. The molecule has 21 heavy (non-hydrogen) atoms. The van der Waals surface area contributed by atoms with Crippen molar-refractivity contribution in [2.45, 2.75) is 25.9 Å². The van der Waals surface area contributed by atoms with E-state index in [2.05, 4.69) is 14.5 Å². The number of hydrogen-bond acceptors (Lipinski definition) is 5. The average molecular weight is 305 g/mol. The fourth-order valence-corrected chi connectivity index (χ4v) is 1.75. The second-order valence-electron chi connectivity index (χ2n) is 3.98. The molecule has 1 aromatic rings. The van der Waals surface area contributed by atoms with E-state index in [1.807, 2.05) is 0 Å². The summed E-state index contributed by atoms with van der Waals surface area (Å²) in [6.45, 7) is 1.71. The normalized spacial score (nSPS) is 11.1. The number of ether oxygens (including phenoxy) is 2. The van der Waals surface area contributed by atoms with E-state index in [1.165, 1.54) is 0 Å². The maximum absolute atomic E-state index is 12.9. The first-order chi connectivity index (χ1) is 9.81. The van der Waals surface area contributed by atoms with Gasteiger partial charge in [0.05, 0.1) is 19.3 Å². The van der Waals surface area contributed by atoms with Gasteiger partial charge >= 0.3 is 18.1 Å². The zero-order chi connectivity index (χ0) is 16.0. The van der Waals surface area contributed by atoms with Gasteiger partial charge in [0.2, 0.25) is 0 Å². The molecule has 116 valence electrons. The lowest BCUT2D eigenvalue weighted by atomic mass is 10.0. The third-order valence-corrected chi connectivity index (χ3v) is 2.61. The predicted molar refractivity (Wildman–Crippen MR) is 65.5 cm³/mol. The molecule has 1 aromatic heterocycles. The number of hydrogen-bond donors (Lipinski definition) is 0. The van der Waals surface area contributed by atoms with Crippen LogP contribution in [-0.4, -0.2) is 30.6 Å². The van der Waals surface area contributed by atoms with E-state index < -0.39 is 23.8 Å². The number of halogens is 3. The summed E-state index contributed by atoms with van der Waals surface area (Å²) in [5.41, 5.74) is -1.83. The van der Waals surface area contributed by atoms with Gasteiger partial charge in [0.1, 0.15) is 5.69 Å². The summed E-state index contributed by atoms with van der Waals surface area (Å²) in [5, 5.41) is 0. The number of esters is 2. The Morgan fingerprint density at radius 3 is 2.52 bits per heavy atom. The Hall–Kier alpha value is -2.12. The Balaban J connectivity index is 3.17. The van der Waals surface area contributed by atoms with Gasteiger partial charge < -0.3 is 9.47 Å². The van der Waals surface area contributed by atoms with Gasteiger partial charge in [-0.3, -0.25) is 9.78 Å². The van der Waals surface area contributed by atoms with E-state index in [0.29, 0.717) is 0 Å². The quantitative estimate of drug-likeness (QED) is 0.781. The number of methoxy groups -OCH3 is 1. The molecule has 1 heterocycles. The van der Waals surface area contributed by atoms with Crippen molar-refractivity contribution >= 4 is 11.9 Å². The van der Waals surface area contributed by atoms with Gasteiger partial charge in [-0.1, -0.05) is 0 Å². The number of nitrogens with zero attached hydrogens (tertiary/aromatic N) is 1. The Labute approximate surface area is 119 Å². The van der Waals surface area contributed by atoms with Crippen molar-refractivity contribution in [3.8, 4) is 0 Å². The number of carbonyl (C=O) groups excluding carboxylic acids is 2. The largest absolute Gasteiger partial charge is 0.466 e. The number of carbonyl (C=O) groups is 2. The van der Waals surface area contributed by atoms with Gasteiger partial charge in [-0.15, -0.1) is 0 Å². The highest BCUT2D eigenvalue weighted by atomic mass is 19.4. The summed E-state index contributed by atoms with van der Waals surface area (Å²) in [5.74, 6) is -1.56. The molecule has 0 amide bonds. The summed E-state index contributed by atoms with van der Waals surface area (Å²) in [4.78, 5) is 26.1. The van der Waals surface area contributed by atoms with Crippen molar-refractivity contribution < 1.29 is 32.2 Å². The molecule has 0 aromatic carbocycles. The van der Waals surface area contributed by atoms with E-state index in [1.54, 1.807) is 6.92 Å². The topological polar surface area (TPSA) is 65.5 Å². The van der Waals surface area contributed by atoms with Crippen LogP contribution in [0.4, 0.5) is 13.2 Å². The van der Waals surface area contributed by atoms with Crippen LogP contribution in [0, 0.1) is 0 Å². The summed E-state index contributed by atoms with van der Waals surface area (Å²) >= 11 is 0. The van der Waals surface area contributed by atoms with Crippen LogP contribution >= 0.6 is 0 Å². The van der Waals surface area contributed by atoms with Crippen molar-refractivity contribution in [1.29, 1.82) is 0 Å². The van der Waals surface area contributed by atoms with Crippen molar-refractivity contribution in [1.82, 2.24) is 4.98 Å². The van der Waals surface area contributed by atoms with Gasteiger partial charge in [0.25, 0.3) is 0 Å². The van der Waals surface area contributed by atoms with Crippen LogP contribution in [0.5, 0.6) is 0 Å². The smallest absolute Gasteiger partial charge is 0.433 e. The zero-order valence-corrected chi connectivity index (χ0v) is 11.5. The SMILES string of the molecule is CCOC(=O)CCc1c(C(=O)OC)ccnc1C(F)(F)F. The molecule has 0 atom stereocenters. The molecule has 0 saturated heterocycles. The monoisotopic (exact) mass is 305 g/mol. The maximum Gasteiger partial charge on any atom is 0.433 e. The molecule has 0 radical (unpaired) electrons. The minimum absolute atomic E-state index is 0.127. The Kier molecular flexibility index (Phi) is 5.69. The van der Waals surface area contributed by atoms with E-state index in [0.717, 1.165) is 19.4 Å². The molecule has 0 N–H and O–H groups in total. The van der Waals surface area contributed by atoms with Crippen molar-refractivity contribution in [2.24, 2.45) is 0 Å². The standard InChI is InChI=1S/C13H14F3NO4/c1-3-21-10(18)5-4-8-9(12(19)20-2)6-7-17-11(8)13(14,15)16/h6-7H,3-5H2,1-2H3. The van der Waals surface area contributed by atoms with Crippen LogP contribution in [0.25, 0.3) is 0 Å². The second kappa shape index (κ2) is 7.05. The molecule has 0 saturated carbocycles. The van der Waals surface area contributed by atoms with Crippen LogP contribution in [0.15, 0.2) is 12.3 Å². The van der Waals surface area contributed by atoms with Crippen molar-refractivity contribution in [3.63, 3.8) is 0 Å². The summed E-state index contributed by atoms with van der Waals surface area (Å²) in [7, 11) is 1.06. The molecule has 0 fully saturated rings. The van der Waals surface area contributed by atoms with Crippen molar-refractivity contribution in [3.05, 3.63) is 29.1 Å². The molecule has 0 spiro atoms. The minimum Gasteiger partial charge on any atom is -0.466 e. The van der Waals surface area contributed by atoms with Gasteiger partial charge in [0, 0.05) is 12.6 Å². The van der Waals surface area contributed by atoms with Gasteiger partial charge in [-0.05, 0) is 25.0 Å². The fraction of sp³-hybridized carbons (Fsp3) is 0.462. The lowest BCUT2D eigenvalue weighted by Crippen LogP contribution is -2.18. The Morgan fingerprint density at radius 2 is 2.00 bits per heavy atom. The molecular weight excluding hydrogens is 291 g/mol. The summed E-state index contributed by atoms with van der Waals surface area (Å²) in [6.07, 6.45) is -4.45. The Morgan fingerprint density at radius 1 is 1.33 bits per heavy atom. The van der Waals surface area contributed by atoms with E-state index in [-0.39, 0.29) is 30.6 Å². The number of aromatic nitrogens is 1. The second-order valence-corrected chi connectivity index (χ2v) is 3.98. The number of alkyl halides is 3. The molecule has 0 aliphatic heterocycles. The lowest BCUT2D eigenvalue weighted by Gasteiger charge is -2.14. The first kappa shape index (κ1) is 16.9. The van der Waals surface area contributed by atoms with E-state index in [4.69, 9.17) is 0 Å². The van der Waals surface area contributed by atoms with E-state index >= 15 is 0 Å². The molecule has 0 aliphatic carbocycles. The van der Waals surface area contributed by atoms with Gasteiger partial charge in [0.15, 0.2) is 0 Å². The molecule has 5 nitrogen and oxygen atoms in total. The van der Waals surface area contributed by atoms with Crippen LogP contribution in [0.1, 0.15) is 35.0 Å². The first-order valence-corrected chi connectivity index (χ1v) is 6.10. The molecule has 8 heteroatoms. The highest BCUT2D eigenvalue weighted by Gasteiger charge is 2.37. The van der Waals surface area contributed by atoms with Gasteiger partial charge in [-0.25, -0.2) is 4.79 Å². The third kappa shape index (κ3) is 4.44. The van der Waals surface area contributed by atoms with Crippen LogP contribution in [0.3, 0.4) is 0 Å². The number of pyridine rings is 1. The average Bonchev–Trinajstić information content (AvgIpc) is 2.43. The first-order valence-electron chi connectivity index (χ1n) is 6.10. The molecule has 0 aliphatic rings. The van der Waals surface area contributed by atoms with Crippen molar-refractivity contribution in [2.75, 3.05) is 13.7 Å². The van der Waals surface area contributed by atoms with Gasteiger partial charge in [-0.2, -0.15) is 13.2 Å². The third-order valence-electron chi connectivity index (χ3n) is 2.61. The molecular formula is C13H14F3NO4. The van der Waals surface area contributed by atoms with Crippen LogP contribution < -0.4 is 0 Å². The summed E-state index contributed by atoms with van der Waals surface area (Å²) < 4.78 is 47.9. The zero-order valence-electron chi connectivity index (χ0n) is 11.5. The molecule has 1 rings (SSSR count). The van der Waals surface area contributed by atoms with Crippen LogP contribution in [0.2, 0.25) is 0 Å². The minimum atomic E-state index is -4.73. The highest BCUT2D eigenvalue weighted by molar-refractivity contribution is 5.91. The van der Waals surface area contributed by atoms with Crippen LogP contribution in [-0.2, 0) is 26.9 Å². The lowest BCUT2D eigenvalue weighted by molar-refractivity contribution is -0.145. The number of rotatable bonds is 5. The molecule has 0 bridgehead atoms. The van der Waals surface area contributed by atoms with E-state index in [9.17, 15) is 22.8 Å².